The highest BCUT2D eigenvalue weighted by Gasteiger charge is 2.30. The SMILES string of the molecule is CC(=O)Nc1c(C)nn(-c2ccccc2)c1N1CCC(C(=O)NCCCN2CCCCC2C)CC1. The van der Waals surface area contributed by atoms with E-state index in [-0.39, 0.29) is 17.7 Å². The first kappa shape index (κ1) is 25.2. The van der Waals surface area contributed by atoms with Gasteiger partial charge in [-0.05, 0) is 64.6 Å². The van der Waals surface area contributed by atoms with E-state index in [1.807, 2.05) is 41.9 Å². The van der Waals surface area contributed by atoms with Gasteiger partial charge in [-0.2, -0.15) is 5.10 Å². The third-order valence-corrected chi connectivity index (χ3v) is 7.37. The van der Waals surface area contributed by atoms with Crippen molar-refractivity contribution in [3.05, 3.63) is 36.0 Å². The first-order chi connectivity index (χ1) is 16.9. The molecule has 1 unspecified atom stereocenters. The largest absolute Gasteiger partial charge is 0.356 e. The molecule has 2 aliphatic rings. The van der Waals surface area contributed by atoms with Gasteiger partial charge >= 0.3 is 0 Å². The summed E-state index contributed by atoms with van der Waals surface area (Å²) in [5.74, 6) is 0.971. The molecular weight excluding hydrogens is 440 g/mol. The third-order valence-electron chi connectivity index (χ3n) is 7.37. The van der Waals surface area contributed by atoms with E-state index in [1.54, 1.807) is 0 Å². The van der Waals surface area contributed by atoms with Crippen LogP contribution < -0.4 is 15.5 Å². The van der Waals surface area contributed by atoms with Crippen LogP contribution in [0.4, 0.5) is 11.5 Å². The Morgan fingerprint density at radius 1 is 1.06 bits per heavy atom. The Balaban J connectivity index is 1.35. The Kier molecular flexibility index (Phi) is 8.44. The second kappa shape index (κ2) is 11.7. The summed E-state index contributed by atoms with van der Waals surface area (Å²) < 4.78 is 1.91. The van der Waals surface area contributed by atoms with Gasteiger partial charge in [-0.15, -0.1) is 0 Å². The molecule has 190 valence electrons. The van der Waals surface area contributed by atoms with E-state index in [2.05, 4.69) is 27.4 Å². The van der Waals surface area contributed by atoms with Crippen LogP contribution in [-0.4, -0.2) is 65.3 Å². The Morgan fingerprint density at radius 3 is 2.49 bits per heavy atom. The molecule has 2 saturated heterocycles. The highest BCUT2D eigenvalue weighted by atomic mass is 16.2. The molecule has 2 aliphatic heterocycles. The fourth-order valence-corrected chi connectivity index (χ4v) is 5.36. The molecule has 0 bridgehead atoms. The Labute approximate surface area is 209 Å². The smallest absolute Gasteiger partial charge is 0.223 e. The van der Waals surface area contributed by atoms with Gasteiger partial charge in [0.1, 0.15) is 5.69 Å². The number of nitrogens with zero attached hydrogens (tertiary/aromatic N) is 4. The number of benzene rings is 1. The maximum absolute atomic E-state index is 12.8. The van der Waals surface area contributed by atoms with Crippen LogP contribution >= 0.6 is 0 Å². The second-order valence-electron chi connectivity index (χ2n) is 10.00. The summed E-state index contributed by atoms with van der Waals surface area (Å²) in [4.78, 5) is 29.6. The fraction of sp³-hybridized carbons (Fsp3) is 0.593. The topological polar surface area (TPSA) is 82.5 Å². The average Bonchev–Trinajstić information content (AvgIpc) is 3.18. The molecule has 0 spiro atoms. The minimum Gasteiger partial charge on any atom is -0.356 e. The molecular formula is C27H40N6O2. The Hall–Kier alpha value is -2.87. The minimum atomic E-state index is -0.116. The van der Waals surface area contributed by atoms with E-state index in [0.717, 1.165) is 68.3 Å². The number of rotatable bonds is 8. The van der Waals surface area contributed by atoms with Gasteiger partial charge in [0, 0.05) is 45.1 Å². The van der Waals surface area contributed by atoms with Crippen LogP contribution in [0.15, 0.2) is 30.3 Å². The summed E-state index contributed by atoms with van der Waals surface area (Å²) in [5.41, 5.74) is 2.48. The maximum Gasteiger partial charge on any atom is 0.223 e. The lowest BCUT2D eigenvalue weighted by atomic mass is 9.95. The van der Waals surface area contributed by atoms with E-state index < -0.39 is 0 Å². The van der Waals surface area contributed by atoms with Crippen LogP contribution in [0.1, 0.15) is 58.1 Å². The second-order valence-corrected chi connectivity index (χ2v) is 10.00. The van der Waals surface area contributed by atoms with Crippen LogP contribution in [0.5, 0.6) is 0 Å². The fourth-order valence-electron chi connectivity index (χ4n) is 5.36. The highest BCUT2D eigenvalue weighted by molar-refractivity contribution is 5.93. The van der Waals surface area contributed by atoms with Gasteiger partial charge in [0.25, 0.3) is 0 Å². The molecule has 0 aliphatic carbocycles. The number of piperidine rings is 2. The van der Waals surface area contributed by atoms with Crippen molar-refractivity contribution >= 4 is 23.3 Å². The lowest BCUT2D eigenvalue weighted by Crippen LogP contribution is -2.42. The monoisotopic (exact) mass is 480 g/mol. The van der Waals surface area contributed by atoms with Crippen LogP contribution in [-0.2, 0) is 9.59 Å². The first-order valence-corrected chi connectivity index (χ1v) is 13.1. The molecule has 4 rings (SSSR count). The van der Waals surface area contributed by atoms with E-state index in [4.69, 9.17) is 5.10 Å². The molecule has 1 atom stereocenters. The van der Waals surface area contributed by atoms with Crippen molar-refractivity contribution in [2.24, 2.45) is 5.92 Å². The molecule has 1 aromatic heterocycles. The third kappa shape index (κ3) is 6.23. The van der Waals surface area contributed by atoms with E-state index in [0.29, 0.717) is 6.04 Å². The van der Waals surface area contributed by atoms with Crippen molar-refractivity contribution in [2.45, 2.75) is 65.3 Å². The first-order valence-electron chi connectivity index (χ1n) is 13.1. The normalized spacial score (nSPS) is 19.5. The van der Waals surface area contributed by atoms with Gasteiger partial charge in [0.15, 0.2) is 5.82 Å². The van der Waals surface area contributed by atoms with Crippen LogP contribution in [0, 0.1) is 12.8 Å². The standard InChI is InChI=1S/C27H40N6O2/c1-20-10-7-8-16-31(20)17-9-15-28-26(35)23-13-18-32(19-14-23)27-25(29-22(3)34)21(2)30-33(27)24-11-5-4-6-12-24/h4-6,11-12,20,23H,7-10,13-19H2,1-3H3,(H,28,35)(H,29,34). The molecule has 8 heteroatoms. The maximum atomic E-state index is 12.8. The van der Waals surface area contributed by atoms with Crippen molar-refractivity contribution in [2.75, 3.05) is 42.9 Å². The van der Waals surface area contributed by atoms with Gasteiger partial charge in [0.2, 0.25) is 11.8 Å². The summed E-state index contributed by atoms with van der Waals surface area (Å²) in [6.45, 7) is 10.2. The lowest BCUT2D eigenvalue weighted by molar-refractivity contribution is -0.125. The molecule has 3 heterocycles. The Bertz CT molecular complexity index is 997. The van der Waals surface area contributed by atoms with Crippen LogP contribution in [0.3, 0.4) is 0 Å². The lowest BCUT2D eigenvalue weighted by Gasteiger charge is -2.34. The number of para-hydroxylation sites is 1. The van der Waals surface area contributed by atoms with Crippen molar-refractivity contribution in [1.29, 1.82) is 0 Å². The molecule has 0 saturated carbocycles. The zero-order valence-corrected chi connectivity index (χ0v) is 21.4. The summed E-state index contributed by atoms with van der Waals surface area (Å²) in [7, 11) is 0. The number of carbonyl (C=O) groups excluding carboxylic acids is 2. The van der Waals surface area contributed by atoms with Crippen molar-refractivity contribution in [3.8, 4) is 5.69 Å². The summed E-state index contributed by atoms with van der Waals surface area (Å²) in [6.07, 6.45) is 6.50. The van der Waals surface area contributed by atoms with Crippen molar-refractivity contribution in [3.63, 3.8) is 0 Å². The molecule has 2 aromatic rings. The van der Waals surface area contributed by atoms with Crippen molar-refractivity contribution in [1.82, 2.24) is 20.0 Å². The number of carbonyl (C=O) groups is 2. The quantitative estimate of drug-likeness (QED) is 0.563. The molecule has 1 aromatic carbocycles. The van der Waals surface area contributed by atoms with Gasteiger partial charge in [0.05, 0.1) is 11.4 Å². The van der Waals surface area contributed by atoms with Gasteiger partial charge in [-0.1, -0.05) is 24.6 Å². The van der Waals surface area contributed by atoms with Crippen molar-refractivity contribution < 1.29 is 9.59 Å². The molecule has 35 heavy (non-hydrogen) atoms. The van der Waals surface area contributed by atoms with Gasteiger partial charge in [-0.3, -0.25) is 9.59 Å². The summed E-state index contributed by atoms with van der Waals surface area (Å²) in [6, 6.07) is 10.6. The zero-order chi connectivity index (χ0) is 24.8. The predicted octanol–water partition coefficient (Wildman–Crippen LogP) is 3.74. The van der Waals surface area contributed by atoms with Crippen LogP contribution in [0.2, 0.25) is 0 Å². The van der Waals surface area contributed by atoms with E-state index >= 15 is 0 Å². The number of nitrogens with one attached hydrogen (secondary N) is 2. The van der Waals surface area contributed by atoms with Gasteiger partial charge < -0.3 is 20.4 Å². The molecule has 8 nitrogen and oxygen atoms in total. The number of aryl methyl sites for hydroxylation is 1. The molecule has 0 radical (unpaired) electrons. The number of amides is 2. The number of hydrogen-bond donors (Lipinski definition) is 2. The average molecular weight is 481 g/mol. The summed E-state index contributed by atoms with van der Waals surface area (Å²) >= 11 is 0. The molecule has 2 fully saturated rings. The minimum absolute atomic E-state index is 0.0265. The predicted molar refractivity (Wildman–Crippen MR) is 140 cm³/mol. The Morgan fingerprint density at radius 2 is 1.80 bits per heavy atom. The van der Waals surface area contributed by atoms with Gasteiger partial charge in [-0.25, -0.2) is 4.68 Å². The number of hydrogen-bond acceptors (Lipinski definition) is 5. The van der Waals surface area contributed by atoms with Crippen LogP contribution in [0.25, 0.3) is 5.69 Å². The number of aromatic nitrogens is 2. The summed E-state index contributed by atoms with van der Waals surface area (Å²) in [5, 5.41) is 10.9. The molecule has 2 amide bonds. The highest BCUT2D eigenvalue weighted by Crippen LogP contribution is 2.34. The van der Waals surface area contributed by atoms with E-state index in [9.17, 15) is 9.59 Å². The molecule has 2 N–H and O–H groups in total. The zero-order valence-electron chi connectivity index (χ0n) is 21.4. The van der Waals surface area contributed by atoms with E-state index in [1.165, 1.54) is 32.7 Å². The number of anilines is 2. The number of likely N-dealkylation sites (tertiary alicyclic amines) is 1.